The van der Waals surface area contributed by atoms with Crippen LogP contribution in [-0.4, -0.2) is 31.1 Å². The molecule has 23 heavy (non-hydrogen) atoms. The van der Waals surface area contributed by atoms with E-state index >= 15 is 0 Å². The number of aromatic carboxylic acids is 1. The van der Waals surface area contributed by atoms with Crippen LogP contribution in [-0.2, 0) is 0 Å². The molecule has 114 valence electrons. The van der Waals surface area contributed by atoms with Gasteiger partial charge in [0, 0.05) is 10.6 Å². The quantitative estimate of drug-likeness (QED) is 0.790. The van der Waals surface area contributed by atoms with Gasteiger partial charge in [-0.05, 0) is 24.3 Å². The molecule has 0 spiro atoms. The molecule has 0 bridgehead atoms. The van der Waals surface area contributed by atoms with Crippen molar-refractivity contribution in [1.82, 2.24) is 20.0 Å². The minimum atomic E-state index is -1.33. The van der Waals surface area contributed by atoms with Gasteiger partial charge in [-0.15, -0.1) is 0 Å². The Kier molecular flexibility index (Phi) is 3.86. The molecule has 0 aliphatic carbocycles. The molecule has 0 aliphatic rings. The third kappa shape index (κ3) is 2.95. The van der Waals surface area contributed by atoms with Crippen molar-refractivity contribution >= 4 is 17.6 Å². The number of carboxylic acids is 1. The van der Waals surface area contributed by atoms with Gasteiger partial charge in [-0.2, -0.15) is 20.0 Å². The third-order valence-electron chi connectivity index (χ3n) is 3.10. The van der Waals surface area contributed by atoms with Crippen molar-refractivity contribution in [3.63, 3.8) is 0 Å². The summed E-state index contributed by atoms with van der Waals surface area (Å²) >= 11 is 5.85. The number of carbonyl (C=O) groups is 1. The van der Waals surface area contributed by atoms with Gasteiger partial charge < -0.3 is 5.11 Å². The Balaban J connectivity index is 2.26. The second-order valence-corrected chi connectivity index (χ2v) is 5.01. The standard InChI is InChI=1S/C15H9ClN4O3/c16-10-3-1-9(2-4-10)13-7-12(15(22)23)14(21)20(19-13)11-5-6-17-18-8-11/h1-8H,(H,22,23). The Labute approximate surface area is 134 Å². The summed E-state index contributed by atoms with van der Waals surface area (Å²) in [7, 11) is 0. The summed E-state index contributed by atoms with van der Waals surface area (Å²) < 4.78 is 0.988. The van der Waals surface area contributed by atoms with E-state index in [0.29, 0.717) is 22.0 Å². The predicted octanol–water partition coefficient (Wildman–Crippen LogP) is 2.04. The third-order valence-corrected chi connectivity index (χ3v) is 3.35. The van der Waals surface area contributed by atoms with Gasteiger partial charge in [0.1, 0.15) is 5.56 Å². The molecule has 3 aromatic rings. The molecule has 0 unspecified atom stereocenters. The highest BCUT2D eigenvalue weighted by Crippen LogP contribution is 2.20. The number of hydrogen-bond donors (Lipinski definition) is 1. The van der Waals surface area contributed by atoms with Gasteiger partial charge in [-0.1, -0.05) is 23.7 Å². The highest BCUT2D eigenvalue weighted by molar-refractivity contribution is 6.30. The molecule has 0 aliphatic heterocycles. The fraction of sp³-hybridized carbons (Fsp3) is 0. The summed E-state index contributed by atoms with van der Waals surface area (Å²) in [6, 6.07) is 9.44. The normalized spacial score (nSPS) is 10.5. The van der Waals surface area contributed by atoms with E-state index in [2.05, 4.69) is 15.3 Å². The lowest BCUT2D eigenvalue weighted by Crippen LogP contribution is -2.27. The minimum Gasteiger partial charge on any atom is -0.477 e. The smallest absolute Gasteiger partial charge is 0.341 e. The first-order chi connectivity index (χ1) is 11.1. The maximum Gasteiger partial charge on any atom is 0.341 e. The molecule has 8 heteroatoms. The summed E-state index contributed by atoms with van der Waals surface area (Å²) in [4.78, 5) is 23.7. The maximum absolute atomic E-state index is 12.3. The average Bonchev–Trinajstić information content (AvgIpc) is 2.56. The fourth-order valence-electron chi connectivity index (χ4n) is 1.99. The Morgan fingerprint density at radius 2 is 1.87 bits per heavy atom. The van der Waals surface area contributed by atoms with E-state index in [1.807, 2.05) is 0 Å². The van der Waals surface area contributed by atoms with Crippen LogP contribution in [0.5, 0.6) is 0 Å². The average molecular weight is 329 g/mol. The van der Waals surface area contributed by atoms with Crippen molar-refractivity contribution in [2.45, 2.75) is 0 Å². The molecule has 0 saturated carbocycles. The number of benzene rings is 1. The highest BCUT2D eigenvalue weighted by atomic mass is 35.5. The number of rotatable bonds is 3. The topological polar surface area (TPSA) is 98.0 Å². The first kappa shape index (κ1) is 14.9. The van der Waals surface area contributed by atoms with Gasteiger partial charge in [0.25, 0.3) is 5.56 Å². The molecule has 2 aromatic heterocycles. The van der Waals surface area contributed by atoms with Crippen LogP contribution in [0.1, 0.15) is 10.4 Å². The Morgan fingerprint density at radius 3 is 2.48 bits per heavy atom. The zero-order valence-electron chi connectivity index (χ0n) is 11.5. The van der Waals surface area contributed by atoms with Crippen LogP contribution in [0.3, 0.4) is 0 Å². The second kappa shape index (κ2) is 5.98. The molecular formula is C15H9ClN4O3. The van der Waals surface area contributed by atoms with Crippen molar-refractivity contribution in [2.24, 2.45) is 0 Å². The fourth-order valence-corrected chi connectivity index (χ4v) is 2.12. The van der Waals surface area contributed by atoms with Crippen LogP contribution >= 0.6 is 11.6 Å². The molecule has 2 heterocycles. The van der Waals surface area contributed by atoms with Gasteiger partial charge in [-0.25, -0.2) is 4.79 Å². The molecule has 0 amide bonds. The Bertz CT molecular complexity index is 924. The van der Waals surface area contributed by atoms with E-state index in [9.17, 15) is 14.7 Å². The van der Waals surface area contributed by atoms with Crippen LogP contribution < -0.4 is 5.56 Å². The summed E-state index contributed by atoms with van der Waals surface area (Å²) in [6.45, 7) is 0. The number of nitrogens with zero attached hydrogens (tertiary/aromatic N) is 4. The first-order valence-electron chi connectivity index (χ1n) is 6.47. The van der Waals surface area contributed by atoms with Crippen molar-refractivity contribution in [1.29, 1.82) is 0 Å². The zero-order valence-corrected chi connectivity index (χ0v) is 12.3. The largest absolute Gasteiger partial charge is 0.477 e. The van der Waals surface area contributed by atoms with E-state index in [1.165, 1.54) is 24.5 Å². The highest BCUT2D eigenvalue weighted by Gasteiger charge is 2.16. The zero-order chi connectivity index (χ0) is 16.4. The molecule has 0 radical (unpaired) electrons. The lowest BCUT2D eigenvalue weighted by atomic mass is 10.1. The number of hydrogen-bond acceptors (Lipinski definition) is 5. The van der Waals surface area contributed by atoms with Gasteiger partial charge in [0.05, 0.1) is 23.8 Å². The molecule has 0 atom stereocenters. The van der Waals surface area contributed by atoms with Crippen LogP contribution in [0.2, 0.25) is 5.02 Å². The molecule has 0 fully saturated rings. The van der Waals surface area contributed by atoms with Crippen LogP contribution in [0, 0.1) is 0 Å². The van der Waals surface area contributed by atoms with Crippen molar-refractivity contribution in [2.75, 3.05) is 0 Å². The van der Waals surface area contributed by atoms with Crippen molar-refractivity contribution in [3.05, 3.63) is 69.7 Å². The molecule has 0 saturated heterocycles. The Hall–Kier alpha value is -3.06. The number of halogens is 1. The predicted molar refractivity (Wildman–Crippen MR) is 82.8 cm³/mol. The van der Waals surface area contributed by atoms with E-state index in [4.69, 9.17) is 11.6 Å². The van der Waals surface area contributed by atoms with E-state index in [-0.39, 0.29) is 5.56 Å². The minimum absolute atomic E-state index is 0.323. The van der Waals surface area contributed by atoms with Gasteiger partial charge >= 0.3 is 5.97 Å². The van der Waals surface area contributed by atoms with Gasteiger partial charge in [0.2, 0.25) is 0 Å². The molecule has 3 rings (SSSR count). The Morgan fingerprint density at radius 1 is 1.13 bits per heavy atom. The van der Waals surface area contributed by atoms with E-state index in [0.717, 1.165) is 4.68 Å². The second-order valence-electron chi connectivity index (χ2n) is 4.57. The lowest BCUT2D eigenvalue weighted by molar-refractivity contribution is 0.0694. The van der Waals surface area contributed by atoms with Crippen LogP contribution in [0.15, 0.2) is 53.6 Å². The van der Waals surface area contributed by atoms with E-state index in [1.54, 1.807) is 24.3 Å². The molecule has 1 N–H and O–H groups in total. The van der Waals surface area contributed by atoms with Crippen LogP contribution in [0.4, 0.5) is 0 Å². The van der Waals surface area contributed by atoms with Crippen molar-refractivity contribution in [3.8, 4) is 16.9 Å². The lowest BCUT2D eigenvalue weighted by Gasteiger charge is -2.08. The number of aromatic nitrogens is 4. The SMILES string of the molecule is O=C(O)c1cc(-c2ccc(Cl)cc2)nn(-c2ccnnc2)c1=O. The van der Waals surface area contributed by atoms with Gasteiger partial charge in [0.15, 0.2) is 0 Å². The van der Waals surface area contributed by atoms with Crippen molar-refractivity contribution < 1.29 is 9.90 Å². The van der Waals surface area contributed by atoms with E-state index < -0.39 is 11.5 Å². The summed E-state index contributed by atoms with van der Waals surface area (Å²) in [6.07, 6.45) is 2.71. The first-order valence-corrected chi connectivity index (χ1v) is 6.85. The summed E-state index contributed by atoms with van der Waals surface area (Å²) in [5.74, 6) is -1.33. The number of carboxylic acid groups (broad SMARTS) is 1. The molecule has 1 aromatic carbocycles. The summed E-state index contributed by atoms with van der Waals surface area (Å²) in [5, 5.41) is 21.3. The molecular weight excluding hydrogens is 320 g/mol. The molecule has 7 nitrogen and oxygen atoms in total. The van der Waals surface area contributed by atoms with Crippen LogP contribution in [0.25, 0.3) is 16.9 Å². The maximum atomic E-state index is 12.3. The monoisotopic (exact) mass is 328 g/mol. The van der Waals surface area contributed by atoms with Gasteiger partial charge in [-0.3, -0.25) is 4.79 Å². The summed E-state index contributed by atoms with van der Waals surface area (Å²) in [5.41, 5.74) is 0.149.